The van der Waals surface area contributed by atoms with Crippen LogP contribution in [0.15, 0.2) is 52.0 Å². The van der Waals surface area contributed by atoms with E-state index in [-0.39, 0.29) is 5.43 Å². The summed E-state index contributed by atoms with van der Waals surface area (Å²) in [6.07, 6.45) is 1.80. The minimum absolute atomic E-state index is 0.0212. The van der Waals surface area contributed by atoms with Crippen LogP contribution in [0.4, 0.5) is 0 Å². The average molecular weight is 278 g/mol. The van der Waals surface area contributed by atoms with Crippen LogP contribution in [-0.2, 0) is 6.54 Å². The summed E-state index contributed by atoms with van der Waals surface area (Å²) >= 11 is 3.39. The molecular weight excluding hydrogens is 266 g/mol. The lowest BCUT2D eigenvalue weighted by Gasteiger charge is -2.10. The molecule has 2 aromatic rings. The van der Waals surface area contributed by atoms with Crippen molar-refractivity contribution in [1.29, 1.82) is 0 Å². The molecule has 82 valence electrons. The summed E-state index contributed by atoms with van der Waals surface area (Å²) in [6, 6.07) is 11.4. The van der Waals surface area contributed by atoms with Gasteiger partial charge in [0.05, 0.1) is 4.60 Å². The zero-order chi connectivity index (χ0) is 11.5. The van der Waals surface area contributed by atoms with Crippen LogP contribution in [0.25, 0.3) is 0 Å². The lowest BCUT2D eigenvalue weighted by molar-refractivity contribution is 0.764. The van der Waals surface area contributed by atoms with E-state index in [1.165, 1.54) is 11.1 Å². The Morgan fingerprint density at radius 1 is 1.25 bits per heavy atom. The van der Waals surface area contributed by atoms with Gasteiger partial charge in [-0.05, 0) is 34.0 Å². The van der Waals surface area contributed by atoms with Gasteiger partial charge >= 0.3 is 0 Å². The summed E-state index contributed by atoms with van der Waals surface area (Å²) in [5.74, 6) is 0. The van der Waals surface area contributed by atoms with Crippen LogP contribution in [0.2, 0.25) is 0 Å². The number of hydrogen-bond donors (Lipinski definition) is 0. The molecule has 0 N–H and O–H groups in total. The van der Waals surface area contributed by atoms with Gasteiger partial charge in [0.15, 0.2) is 5.43 Å². The lowest BCUT2D eigenvalue weighted by Crippen LogP contribution is -2.08. The summed E-state index contributed by atoms with van der Waals surface area (Å²) in [5.41, 5.74) is 2.54. The van der Waals surface area contributed by atoms with Crippen LogP contribution in [0, 0.1) is 6.92 Å². The van der Waals surface area contributed by atoms with E-state index in [0.29, 0.717) is 0 Å². The van der Waals surface area contributed by atoms with Crippen molar-refractivity contribution in [2.75, 3.05) is 0 Å². The number of hydrogen-bond acceptors (Lipinski definition) is 1. The van der Waals surface area contributed by atoms with Gasteiger partial charge in [-0.3, -0.25) is 4.79 Å². The summed E-state index contributed by atoms with van der Waals surface area (Å²) in [5, 5.41) is 0. The van der Waals surface area contributed by atoms with E-state index < -0.39 is 0 Å². The molecule has 0 fully saturated rings. The highest BCUT2D eigenvalue weighted by Crippen LogP contribution is 2.13. The van der Waals surface area contributed by atoms with Crippen molar-refractivity contribution in [3.8, 4) is 0 Å². The number of nitrogens with zero attached hydrogens (tertiary/aromatic N) is 1. The van der Waals surface area contributed by atoms with Crippen molar-refractivity contribution < 1.29 is 0 Å². The minimum Gasteiger partial charge on any atom is -0.338 e. The van der Waals surface area contributed by atoms with Gasteiger partial charge in [-0.15, -0.1) is 0 Å². The highest BCUT2D eigenvalue weighted by molar-refractivity contribution is 9.10. The quantitative estimate of drug-likeness (QED) is 0.774. The van der Waals surface area contributed by atoms with Gasteiger partial charge in [0.1, 0.15) is 0 Å². The average Bonchev–Trinajstić information content (AvgIpc) is 2.25. The molecule has 16 heavy (non-hydrogen) atoms. The molecule has 0 atom stereocenters. The molecule has 0 saturated heterocycles. The minimum atomic E-state index is 0.0212. The predicted octanol–water partition coefficient (Wildman–Crippen LogP) is 2.97. The van der Waals surface area contributed by atoms with Gasteiger partial charge in [-0.25, -0.2) is 0 Å². The predicted molar refractivity (Wildman–Crippen MR) is 68.7 cm³/mol. The maximum Gasteiger partial charge on any atom is 0.182 e. The fourth-order valence-electron chi connectivity index (χ4n) is 1.58. The van der Waals surface area contributed by atoms with Crippen LogP contribution < -0.4 is 5.43 Å². The topological polar surface area (TPSA) is 22.0 Å². The van der Waals surface area contributed by atoms with Crippen LogP contribution in [0.1, 0.15) is 11.1 Å². The summed E-state index contributed by atoms with van der Waals surface area (Å²) in [7, 11) is 0. The van der Waals surface area contributed by atoms with Crippen LogP contribution in [-0.4, -0.2) is 4.57 Å². The first-order chi connectivity index (χ1) is 7.66. The number of aryl methyl sites for hydroxylation is 1. The van der Waals surface area contributed by atoms with Gasteiger partial charge in [0.25, 0.3) is 0 Å². The van der Waals surface area contributed by atoms with E-state index in [1.54, 1.807) is 18.3 Å². The second-order valence-electron chi connectivity index (χ2n) is 3.74. The molecule has 1 aromatic carbocycles. The molecule has 0 aliphatic rings. The molecule has 2 rings (SSSR count). The van der Waals surface area contributed by atoms with E-state index in [1.807, 2.05) is 16.7 Å². The SMILES string of the molecule is Cc1ccccc1Cn1ccc(=O)cc1Br. The zero-order valence-corrected chi connectivity index (χ0v) is 10.6. The molecule has 3 heteroatoms. The Bertz CT molecular complexity index is 560. The third-order valence-corrected chi connectivity index (χ3v) is 3.24. The Hall–Kier alpha value is -1.35. The first kappa shape index (κ1) is 11.1. The molecule has 0 bridgehead atoms. The lowest BCUT2D eigenvalue weighted by atomic mass is 10.1. The second kappa shape index (κ2) is 4.66. The molecule has 1 heterocycles. The van der Waals surface area contributed by atoms with Gasteiger partial charge < -0.3 is 4.57 Å². The molecule has 0 aliphatic heterocycles. The largest absolute Gasteiger partial charge is 0.338 e. The molecule has 0 saturated carbocycles. The van der Waals surface area contributed by atoms with E-state index in [4.69, 9.17) is 0 Å². The third-order valence-electron chi connectivity index (χ3n) is 2.56. The van der Waals surface area contributed by atoms with Crippen molar-refractivity contribution in [3.63, 3.8) is 0 Å². The number of pyridine rings is 1. The molecule has 0 aliphatic carbocycles. The molecule has 0 amide bonds. The standard InChI is InChI=1S/C13H12BrNO/c1-10-4-2-3-5-11(10)9-15-7-6-12(16)8-13(15)14/h2-8H,9H2,1H3. The number of rotatable bonds is 2. The van der Waals surface area contributed by atoms with Crippen molar-refractivity contribution in [3.05, 3.63) is 68.5 Å². The first-order valence-corrected chi connectivity index (χ1v) is 5.86. The summed E-state index contributed by atoms with van der Waals surface area (Å²) in [6.45, 7) is 2.86. The summed E-state index contributed by atoms with van der Waals surface area (Å²) in [4.78, 5) is 11.1. The molecule has 1 aromatic heterocycles. The van der Waals surface area contributed by atoms with Gasteiger partial charge in [0.2, 0.25) is 0 Å². The van der Waals surface area contributed by atoms with Crippen molar-refractivity contribution in [2.24, 2.45) is 0 Å². The fourth-order valence-corrected chi connectivity index (χ4v) is 2.05. The normalized spacial score (nSPS) is 10.4. The smallest absolute Gasteiger partial charge is 0.182 e. The van der Waals surface area contributed by atoms with Crippen molar-refractivity contribution >= 4 is 15.9 Å². The Morgan fingerprint density at radius 3 is 2.69 bits per heavy atom. The molecule has 0 spiro atoms. The molecular formula is C13H12BrNO. The fraction of sp³-hybridized carbons (Fsp3) is 0.154. The van der Waals surface area contributed by atoms with Crippen molar-refractivity contribution in [2.45, 2.75) is 13.5 Å². The van der Waals surface area contributed by atoms with Gasteiger partial charge in [-0.2, -0.15) is 0 Å². The van der Waals surface area contributed by atoms with E-state index in [9.17, 15) is 4.79 Å². The Kier molecular flexibility index (Phi) is 3.25. The number of benzene rings is 1. The monoisotopic (exact) mass is 277 g/mol. The Balaban J connectivity index is 2.34. The first-order valence-electron chi connectivity index (χ1n) is 5.07. The van der Waals surface area contributed by atoms with Crippen molar-refractivity contribution in [1.82, 2.24) is 4.57 Å². The zero-order valence-electron chi connectivity index (χ0n) is 8.98. The van der Waals surface area contributed by atoms with Crippen LogP contribution >= 0.6 is 15.9 Å². The molecule has 2 nitrogen and oxygen atoms in total. The summed E-state index contributed by atoms with van der Waals surface area (Å²) < 4.78 is 2.81. The highest BCUT2D eigenvalue weighted by Gasteiger charge is 2.01. The van der Waals surface area contributed by atoms with E-state index in [0.717, 1.165) is 11.1 Å². The molecule has 0 radical (unpaired) electrons. The van der Waals surface area contributed by atoms with Gasteiger partial charge in [-0.1, -0.05) is 24.3 Å². The second-order valence-corrected chi connectivity index (χ2v) is 4.55. The van der Waals surface area contributed by atoms with Crippen LogP contribution in [0.3, 0.4) is 0 Å². The van der Waals surface area contributed by atoms with Gasteiger partial charge in [0, 0.05) is 24.9 Å². The Labute approximate surface area is 103 Å². The third kappa shape index (κ3) is 2.42. The Morgan fingerprint density at radius 2 is 2.00 bits per heavy atom. The van der Waals surface area contributed by atoms with E-state index in [2.05, 4.69) is 35.0 Å². The maximum absolute atomic E-state index is 11.1. The number of halogens is 1. The number of aromatic nitrogens is 1. The van der Waals surface area contributed by atoms with E-state index >= 15 is 0 Å². The molecule has 0 unspecified atom stereocenters. The highest BCUT2D eigenvalue weighted by atomic mass is 79.9. The maximum atomic E-state index is 11.1. The van der Waals surface area contributed by atoms with Crippen LogP contribution in [0.5, 0.6) is 0 Å².